The summed E-state index contributed by atoms with van der Waals surface area (Å²) in [5, 5.41) is 1.24. The highest BCUT2D eigenvalue weighted by Gasteiger charge is 2.55. The summed E-state index contributed by atoms with van der Waals surface area (Å²) in [7, 11) is 0. The number of carbonyl (C=O) groups excluding carboxylic acids is 3. The van der Waals surface area contributed by atoms with Crippen molar-refractivity contribution in [3.63, 3.8) is 0 Å². The zero-order chi connectivity index (χ0) is 17.6. The molecule has 2 aromatic rings. The Balaban J connectivity index is 1.48. The van der Waals surface area contributed by atoms with E-state index in [2.05, 4.69) is 0 Å². The van der Waals surface area contributed by atoms with E-state index in [0.29, 0.717) is 11.1 Å². The summed E-state index contributed by atoms with van der Waals surface area (Å²) in [6.07, 6.45) is 0. The Morgan fingerprint density at radius 1 is 0.880 bits per heavy atom. The Hall–Kier alpha value is -2.99. The van der Waals surface area contributed by atoms with E-state index in [0.717, 1.165) is 10.5 Å². The first-order chi connectivity index (χ1) is 12.1. The van der Waals surface area contributed by atoms with E-state index >= 15 is 0 Å². The lowest BCUT2D eigenvalue weighted by molar-refractivity contribution is -0.242. The standard InChI is InChI=1S/C19H16N2O4/c1-12-16(19(24)21(12)25-11-13-7-3-2-4-8-13)20-17(22)14-9-5-6-10-15(14)18(20)23/h2-10,12,16H,11H2,1H3. The molecule has 3 amide bonds. The van der Waals surface area contributed by atoms with Crippen LogP contribution in [0.3, 0.4) is 0 Å². The van der Waals surface area contributed by atoms with Crippen LogP contribution in [0.25, 0.3) is 0 Å². The lowest BCUT2D eigenvalue weighted by atomic mass is 9.98. The van der Waals surface area contributed by atoms with E-state index in [1.807, 2.05) is 30.3 Å². The summed E-state index contributed by atoms with van der Waals surface area (Å²) in [5.41, 5.74) is 1.62. The summed E-state index contributed by atoms with van der Waals surface area (Å²) < 4.78 is 0. The van der Waals surface area contributed by atoms with Gasteiger partial charge in [-0.25, -0.2) is 5.06 Å². The zero-order valence-corrected chi connectivity index (χ0v) is 13.6. The van der Waals surface area contributed by atoms with Gasteiger partial charge in [-0.1, -0.05) is 42.5 Å². The first kappa shape index (κ1) is 15.5. The molecule has 2 unspecified atom stereocenters. The van der Waals surface area contributed by atoms with E-state index in [1.165, 1.54) is 5.06 Å². The molecule has 0 bridgehead atoms. The highest BCUT2D eigenvalue weighted by atomic mass is 16.7. The average Bonchev–Trinajstić information content (AvgIpc) is 2.88. The van der Waals surface area contributed by atoms with Crippen LogP contribution in [-0.4, -0.2) is 39.8 Å². The van der Waals surface area contributed by atoms with Crippen LogP contribution in [0.15, 0.2) is 54.6 Å². The summed E-state index contributed by atoms with van der Waals surface area (Å²) >= 11 is 0. The van der Waals surface area contributed by atoms with Gasteiger partial charge in [0.05, 0.1) is 17.2 Å². The second-order valence-corrected chi connectivity index (χ2v) is 6.13. The average molecular weight is 336 g/mol. The third-order valence-electron chi connectivity index (χ3n) is 4.61. The first-order valence-electron chi connectivity index (χ1n) is 8.06. The number of fused-ring (bicyclic) bond motifs is 1. The fourth-order valence-electron chi connectivity index (χ4n) is 3.27. The van der Waals surface area contributed by atoms with Crippen molar-refractivity contribution in [2.24, 2.45) is 0 Å². The van der Waals surface area contributed by atoms with Gasteiger partial charge < -0.3 is 0 Å². The third-order valence-corrected chi connectivity index (χ3v) is 4.61. The maximum atomic E-state index is 12.5. The minimum atomic E-state index is -0.817. The number of rotatable bonds is 4. The highest BCUT2D eigenvalue weighted by molar-refractivity contribution is 6.23. The van der Waals surface area contributed by atoms with Crippen molar-refractivity contribution in [1.82, 2.24) is 9.96 Å². The van der Waals surface area contributed by atoms with Gasteiger partial charge in [0.1, 0.15) is 12.6 Å². The smallest absolute Gasteiger partial charge is 0.270 e. The topological polar surface area (TPSA) is 66.9 Å². The zero-order valence-electron chi connectivity index (χ0n) is 13.6. The Bertz CT molecular complexity index is 830. The molecule has 2 aromatic carbocycles. The molecule has 2 heterocycles. The molecule has 4 rings (SSSR count). The van der Waals surface area contributed by atoms with Gasteiger partial charge in [0.25, 0.3) is 17.7 Å². The molecule has 0 aromatic heterocycles. The van der Waals surface area contributed by atoms with Crippen LogP contribution in [0.5, 0.6) is 0 Å². The van der Waals surface area contributed by atoms with Gasteiger partial charge in [0, 0.05) is 0 Å². The van der Waals surface area contributed by atoms with Crippen molar-refractivity contribution >= 4 is 17.7 Å². The van der Waals surface area contributed by atoms with Crippen molar-refractivity contribution in [2.75, 3.05) is 0 Å². The van der Waals surface area contributed by atoms with Crippen LogP contribution in [0.4, 0.5) is 0 Å². The molecule has 2 atom stereocenters. The van der Waals surface area contributed by atoms with Gasteiger partial charge in [-0.3, -0.25) is 24.1 Å². The second kappa shape index (κ2) is 5.82. The molecule has 0 aliphatic carbocycles. The molecular formula is C19H16N2O4. The normalized spacial score (nSPS) is 22.2. The number of imide groups is 1. The lowest BCUT2D eigenvalue weighted by Gasteiger charge is -2.46. The minimum Gasteiger partial charge on any atom is -0.270 e. The molecule has 6 heteroatoms. The van der Waals surface area contributed by atoms with Gasteiger partial charge in [0.15, 0.2) is 0 Å². The molecule has 0 spiro atoms. The molecule has 6 nitrogen and oxygen atoms in total. The molecule has 0 saturated carbocycles. The number of β-lactam (4-membered cyclic amide) rings is 1. The number of hydrogen-bond donors (Lipinski definition) is 0. The predicted octanol–water partition coefficient (Wildman–Crippen LogP) is 2.01. The van der Waals surface area contributed by atoms with E-state index < -0.39 is 23.9 Å². The molecular weight excluding hydrogens is 320 g/mol. The van der Waals surface area contributed by atoms with E-state index in [9.17, 15) is 14.4 Å². The third kappa shape index (κ3) is 2.34. The fourth-order valence-corrected chi connectivity index (χ4v) is 3.27. The summed E-state index contributed by atoms with van der Waals surface area (Å²) in [6, 6.07) is 14.9. The fraction of sp³-hybridized carbons (Fsp3) is 0.211. The van der Waals surface area contributed by atoms with Crippen molar-refractivity contribution in [3.8, 4) is 0 Å². The molecule has 2 aliphatic heterocycles. The molecule has 0 N–H and O–H groups in total. The van der Waals surface area contributed by atoms with Gasteiger partial charge in [0.2, 0.25) is 0 Å². The van der Waals surface area contributed by atoms with Gasteiger partial charge in [-0.2, -0.15) is 0 Å². The molecule has 1 saturated heterocycles. The van der Waals surface area contributed by atoms with Crippen LogP contribution < -0.4 is 0 Å². The second-order valence-electron chi connectivity index (χ2n) is 6.13. The number of carbonyl (C=O) groups is 3. The predicted molar refractivity (Wildman–Crippen MR) is 88.3 cm³/mol. The summed E-state index contributed by atoms with van der Waals surface area (Å²) in [5.74, 6) is -1.22. The Kier molecular flexibility index (Phi) is 3.62. The summed E-state index contributed by atoms with van der Waals surface area (Å²) in [6.45, 7) is 2.02. The molecule has 2 aliphatic rings. The van der Waals surface area contributed by atoms with Crippen LogP contribution in [0.2, 0.25) is 0 Å². The minimum absolute atomic E-state index is 0.256. The van der Waals surface area contributed by atoms with Crippen LogP contribution in [-0.2, 0) is 16.2 Å². The first-order valence-corrected chi connectivity index (χ1v) is 8.06. The number of hydroxylamine groups is 2. The summed E-state index contributed by atoms with van der Waals surface area (Å²) in [4.78, 5) is 44.1. The van der Waals surface area contributed by atoms with Crippen molar-refractivity contribution < 1.29 is 19.2 Å². The molecule has 0 radical (unpaired) electrons. The van der Waals surface area contributed by atoms with Crippen molar-refractivity contribution in [1.29, 1.82) is 0 Å². The van der Waals surface area contributed by atoms with E-state index in [-0.39, 0.29) is 12.5 Å². The maximum absolute atomic E-state index is 12.5. The maximum Gasteiger partial charge on any atom is 0.272 e. The van der Waals surface area contributed by atoms with Gasteiger partial charge >= 0.3 is 0 Å². The number of amides is 3. The molecule has 1 fully saturated rings. The van der Waals surface area contributed by atoms with Crippen LogP contribution >= 0.6 is 0 Å². The largest absolute Gasteiger partial charge is 0.272 e. The lowest BCUT2D eigenvalue weighted by Crippen LogP contribution is -2.70. The molecule has 25 heavy (non-hydrogen) atoms. The van der Waals surface area contributed by atoms with E-state index in [4.69, 9.17) is 4.84 Å². The Morgan fingerprint density at radius 2 is 1.44 bits per heavy atom. The molecule has 126 valence electrons. The van der Waals surface area contributed by atoms with Crippen LogP contribution in [0, 0.1) is 0 Å². The van der Waals surface area contributed by atoms with E-state index in [1.54, 1.807) is 31.2 Å². The van der Waals surface area contributed by atoms with Crippen molar-refractivity contribution in [2.45, 2.75) is 25.6 Å². The number of nitrogens with zero attached hydrogens (tertiary/aromatic N) is 2. The monoisotopic (exact) mass is 336 g/mol. The Labute approximate surface area is 144 Å². The SMILES string of the molecule is CC1C(N2C(=O)c3ccccc3C2=O)C(=O)N1OCc1ccccc1. The Morgan fingerprint density at radius 3 is 2.00 bits per heavy atom. The van der Waals surface area contributed by atoms with Crippen LogP contribution in [0.1, 0.15) is 33.2 Å². The van der Waals surface area contributed by atoms with Gasteiger partial charge in [-0.05, 0) is 24.6 Å². The quantitative estimate of drug-likeness (QED) is 0.633. The number of benzene rings is 2. The highest BCUT2D eigenvalue weighted by Crippen LogP contribution is 2.32. The number of hydrogen-bond acceptors (Lipinski definition) is 4. The van der Waals surface area contributed by atoms with Gasteiger partial charge in [-0.15, -0.1) is 0 Å². The van der Waals surface area contributed by atoms with Crippen molar-refractivity contribution in [3.05, 3.63) is 71.3 Å².